The van der Waals surface area contributed by atoms with E-state index in [-0.39, 0.29) is 159 Å². The minimum atomic E-state index is -0.728. The minimum absolute atomic E-state index is 0.0394. The molecule has 0 fully saturated rings. The topological polar surface area (TPSA) is 19.7 Å². The van der Waals surface area contributed by atoms with Crippen LogP contribution in [0.5, 0.6) is 0 Å². The van der Waals surface area contributed by atoms with Crippen molar-refractivity contribution in [2.45, 2.75) is 52.4 Å². The highest BCUT2D eigenvalue weighted by molar-refractivity contribution is 6.12. The van der Waals surface area contributed by atoms with Crippen molar-refractivity contribution in [3.8, 4) is 45.0 Å². The third-order valence-corrected chi connectivity index (χ3v) is 15.0. The summed E-state index contributed by atoms with van der Waals surface area (Å²) < 4.78 is 269. The SMILES string of the molecule is [2H]c1c([2H])c([2H])c2c(c1[2H])c1c([2H])c(C(C)(C)C)c([2H])c([2H])c1n2-c1cccc(-c2cccc(-n3c4c([2H])c([2H])c([2H])c([2H])c4c4c([2H])c(C(C)(C)C)c([2H])c([2H])c43)c2)c1.[2H]c1c([2H])c([2H])c2c(c1[2H])c1c([2H])c([2H])c([2H])c([2H])c1n2-c1cccc(-c2cccc(-n3c4c([2H])c([2H])c([2H])c([2H])c4c4c([2H])c([2H])c([2H])c([2H])c43)c2)c1. The van der Waals surface area contributed by atoms with Crippen molar-refractivity contribution in [2.75, 3.05) is 0 Å². The quantitative estimate of drug-likeness (QED) is 0.158. The van der Waals surface area contributed by atoms with Crippen LogP contribution in [0.1, 0.15) is 93.8 Å². The lowest BCUT2D eigenvalue weighted by atomic mass is 9.86. The molecule has 0 aliphatic rings. The number of para-hydroxylation sites is 6. The van der Waals surface area contributed by atoms with E-state index in [2.05, 4.69) is 0 Å². The van der Waals surface area contributed by atoms with Gasteiger partial charge in [0.15, 0.2) is 0 Å². The Bertz CT molecular complexity index is 6500. The maximum Gasteiger partial charge on any atom is 0.0645 e. The van der Waals surface area contributed by atoms with Gasteiger partial charge >= 0.3 is 0 Å². The predicted molar refractivity (Wildman–Crippen MR) is 359 cm³/mol. The molecule has 0 saturated heterocycles. The zero-order valence-electron chi connectivity index (χ0n) is 76.0. The molecule has 0 amide bonds. The molecule has 0 atom stereocenters. The second kappa shape index (κ2) is 19.8. The largest absolute Gasteiger partial charge is 0.309 e. The number of hydrogen-bond acceptors (Lipinski definition) is 0. The summed E-state index contributed by atoms with van der Waals surface area (Å²) in [5.41, 5.74) is 2.96. The first kappa shape index (κ1) is 28.2. The highest BCUT2D eigenvalue weighted by Crippen LogP contribution is 2.40. The van der Waals surface area contributed by atoms with Gasteiger partial charge in [-0.1, -0.05) is 211 Å². The van der Waals surface area contributed by atoms with Crippen LogP contribution in [0.4, 0.5) is 0 Å². The normalized spacial score (nSPS) is 17.2. The first-order valence-corrected chi connectivity index (χ1v) is 27.0. The molecule has 4 aromatic heterocycles. The Hall–Kier alpha value is -10.2. The summed E-state index contributed by atoms with van der Waals surface area (Å²) in [6.45, 7) is 11.0. The lowest BCUT2D eigenvalue weighted by Crippen LogP contribution is -2.10. The Morgan fingerprint density at radius 2 is 0.464 bits per heavy atom. The average Bonchev–Trinajstić information content (AvgIpc) is 1.56. The molecule has 0 saturated carbocycles. The van der Waals surface area contributed by atoms with E-state index in [1.807, 2.05) is 53.7 Å². The van der Waals surface area contributed by atoms with E-state index >= 15 is 0 Å². The van der Waals surface area contributed by atoms with E-state index in [1.165, 1.54) is 18.3 Å². The van der Waals surface area contributed by atoms with Gasteiger partial charge in [-0.25, -0.2) is 0 Å². The van der Waals surface area contributed by atoms with Gasteiger partial charge in [-0.2, -0.15) is 0 Å². The van der Waals surface area contributed by atoms with Crippen LogP contribution in [0.3, 0.4) is 0 Å². The fourth-order valence-electron chi connectivity index (χ4n) is 11.0. The molecule has 0 unspecified atom stereocenters. The molecule has 0 aliphatic heterocycles. The maximum atomic E-state index is 9.35. The highest BCUT2D eigenvalue weighted by Gasteiger charge is 2.21. The molecule has 0 N–H and O–H groups in total. The van der Waals surface area contributed by atoms with Crippen LogP contribution >= 0.6 is 0 Å². The average molecular weight is 1110 g/mol. The molecule has 4 nitrogen and oxygen atoms in total. The zero-order chi connectivity index (χ0) is 83.0. The predicted octanol–water partition coefficient (Wildman–Crippen LogP) is 21.7. The molecule has 4 heteroatoms. The molecule has 16 aromatic rings. The molecule has 4 heterocycles. The van der Waals surface area contributed by atoms with E-state index in [9.17, 15) is 5.48 Å². The van der Waals surface area contributed by atoms with Gasteiger partial charge < -0.3 is 18.3 Å². The van der Waals surface area contributed by atoms with Crippen LogP contribution in [0.15, 0.2) is 278 Å². The Morgan fingerprint density at radius 3 is 0.702 bits per heavy atom. The van der Waals surface area contributed by atoms with E-state index in [0.717, 1.165) is 0 Å². The van der Waals surface area contributed by atoms with Gasteiger partial charge in [-0.05, 0) is 153 Å². The molecule has 12 aromatic carbocycles. The number of benzene rings is 12. The first-order valence-electron chi connectivity index (χ1n) is 42.0. The van der Waals surface area contributed by atoms with E-state index in [4.69, 9.17) is 35.6 Å². The molecule has 0 bridgehead atoms. The van der Waals surface area contributed by atoms with Gasteiger partial charge in [0.2, 0.25) is 0 Å². The van der Waals surface area contributed by atoms with Gasteiger partial charge in [-0.15, -0.1) is 0 Å². The summed E-state index contributed by atoms with van der Waals surface area (Å²) in [4.78, 5) is 0. The number of aromatic nitrogens is 4. The van der Waals surface area contributed by atoms with E-state index in [1.54, 1.807) is 84.9 Å². The molecule has 84 heavy (non-hydrogen) atoms. The first-order chi connectivity index (χ1) is 53.4. The van der Waals surface area contributed by atoms with Crippen molar-refractivity contribution in [2.24, 2.45) is 0 Å². The van der Waals surface area contributed by atoms with E-state index in [0.29, 0.717) is 45.0 Å². The Balaban J connectivity index is 0.000000181. The number of fused-ring (bicyclic) bond motifs is 12. The molecular weight excluding hydrogens is 1020 g/mol. The second-order valence-corrected chi connectivity index (χ2v) is 22.3. The Labute approximate surface area is 532 Å². The lowest BCUT2D eigenvalue weighted by molar-refractivity contribution is 0.591. The van der Waals surface area contributed by atoms with Crippen molar-refractivity contribution in [1.82, 2.24) is 18.3 Å². The van der Waals surface area contributed by atoms with Crippen LogP contribution in [-0.4, -0.2) is 18.3 Å². The van der Waals surface area contributed by atoms with Crippen LogP contribution in [0.25, 0.3) is 132 Å². The standard InChI is InChI=1S/C44H40N2.C36H24N2/c1-43(2,3)31-21-23-41-37(27-31)35-17-7-9-19-39(35)45(41)33-15-11-13-29(25-33)30-14-12-16-34(26-30)46-40-20-10-8-18-36(40)38-28-32(44(4,5)6)22-24-42(38)46;1-5-19-33-29(15-1)30-16-2-6-20-34(30)37(33)27-13-9-11-25(23-27)26-12-10-14-28(24-26)38-35-21-7-3-17-31(35)32-18-4-8-22-36(32)38/h7-28H,1-6H3;1-24H/i7D,8D,9D,10D,17D,18D,19D,20D,21D,22D,23D,24D,27D,28D;1D,2D,3D,4D,5D,6D,7D,8D,15D,16D,17D,18D,19D,20D,21D,22D. The van der Waals surface area contributed by atoms with Crippen LogP contribution in [0, 0.1) is 0 Å². The summed E-state index contributed by atoms with van der Waals surface area (Å²) in [5, 5.41) is 0.209. The summed E-state index contributed by atoms with van der Waals surface area (Å²) in [6.07, 6.45) is 0. The number of rotatable bonds is 6. The zero-order valence-corrected chi connectivity index (χ0v) is 46.0. The summed E-state index contributed by atoms with van der Waals surface area (Å²) >= 11 is 0. The van der Waals surface area contributed by atoms with Crippen molar-refractivity contribution < 1.29 is 41.1 Å². The lowest BCUT2D eigenvalue weighted by Gasteiger charge is -2.19. The van der Waals surface area contributed by atoms with Crippen LogP contribution in [0.2, 0.25) is 0 Å². The minimum Gasteiger partial charge on any atom is -0.309 e. The third kappa shape index (κ3) is 8.51. The van der Waals surface area contributed by atoms with Gasteiger partial charge in [0.1, 0.15) is 0 Å². The fourth-order valence-corrected chi connectivity index (χ4v) is 11.0. The summed E-state index contributed by atoms with van der Waals surface area (Å²) in [7, 11) is 0. The molecule has 0 radical (unpaired) electrons. The molecule has 0 spiro atoms. The van der Waals surface area contributed by atoms with Crippen molar-refractivity contribution in [1.29, 1.82) is 0 Å². The molecule has 0 aliphatic carbocycles. The van der Waals surface area contributed by atoms with Crippen molar-refractivity contribution in [3.63, 3.8) is 0 Å². The third-order valence-electron chi connectivity index (χ3n) is 15.0. The van der Waals surface area contributed by atoms with Gasteiger partial charge in [0, 0.05) is 65.8 Å². The Kier molecular flexibility index (Phi) is 6.65. The van der Waals surface area contributed by atoms with Crippen molar-refractivity contribution in [3.05, 3.63) is 289 Å². The van der Waals surface area contributed by atoms with Gasteiger partial charge in [-0.3, -0.25) is 0 Å². The molecule has 404 valence electrons. The molecule has 16 rings (SSSR count). The smallest absolute Gasteiger partial charge is 0.0645 e. The summed E-state index contributed by atoms with van der Waals surface area (Å²) in [6, 6.07) is 15.2. The monoisotopic (exact) mass is 1110 g/mol. The Morgan fingerprint density at radius 1 is 0.250 bits per heavy atom. The fraction of sp³-hybridized carbons (Fsp3) is 0.100. The second-order valence-electron chi connectivity index (χ2n) is 22.3. The summed E-state index contributed by atoms with van der Waals surface area (Å²) in [5.74, 6) is 0. The van der Waals surface area contributed by atoms with Crippen molar-refractivity contribution >= 4 is 87.2 Å². The maximum absolute atomic E-state index is 9.35. The van der Waals surface area contributed by atoms with E-state index < -0.39 is 132 Å². The van der Waals surface area contributed by atoms with Gasteiger partial charge in [0.25, 0.3) is 0 Å². The number of hydrogen-bond donors (Lipinski definition) is 0. The van der Waals surface area contributed by atoms with Crippen LogP contribution in [-0.2, 0) is 10.8 Å². The highest BCUT2D eigenvalue weighted by atomic mass is 15.0. The van der Waals surface area contributed by atoms with Crippen LogP contribution < -0.4 is 0 Å². The number of nitrogens with zero attached hydrogens (tertiary/aromatic N) is 4. The molecular formula is C80H64N4. The van der Waals surface area contributed by atoms with Gasteiger partial charge in [0.05, 0.1) is 85.3 Å².